The van der Waals surface area contributed by atoms with Gasteiger partial charge in [-0.3, -0.25) is 15.0 Å². The third kappa shape index (κ3) is 4.21. The highest BCUT2D eigenvalue weighted by Gasteiger charge is 2.27. The van der Waals surface area contributed by atoms with Crippen LogP contribution < -0.4 is 11.1 Å². The van der Waals surface area contributed by atoms with Crippen molar-refractivity contribution in [1.82, 2.24) is 10.3 Å². The van der Waals surface area contributed by atoms with Crippen LogP contribution in [0, 0.1) is 24.1 Å². The number of nitrogens with zero attached hydrogens (tertiary/aromatic N) is 1. The van der Waals surface area contributed by atoms with Crippen LogP contribution in [0.4, 0.5) is 4.39 Å². The van der Waals surface area contributed by atoms with Crippen LogP contribution in [-0.2, 0) is 4.79 Å². The molecule has 1 aliphatic rings. The van der Waals surface area contributed by atoms with Gasteiger partial charge >= 0.3 is 0 Å². The molecule has 1 aromatic heterocycles. The van der Waals surface area contributed by atoms with E-state index in [2.05, 4.69) is 15.3 Å². The number of aryl methyl sites for hydroxylation is 1. The number of nitrogens with one attached hydrogen (secondary N) is 3. The van der Waals surface area contributed by atoms with Gasteiger partial charge in [0.2, 0.25) is 0 Å². The van der Waals surface area contributed by atoms with Crippen molar-refractivity contribution in [2.24, 2.45) is 16.6 Å². The Morgan fingerprint density at radius 2 is 2.19 bits per heavy atom. The number of halogens is 1. The van der Waals surface area contributed by atoms with E-state index in [1.54, 1.807) is 6.07 Å². The molecule has 1 fully saturated rings. The number of carbonyl (C=O) groups is 2. The number of nitrogens with two attached hydrogens (primary N) is 1. The van der Waals surface area contributed by atoms with Crippen LogP contribution in [0.1, 0.15) is 41.7 Å². The van der Waals surface area contributed by atoms with E-state index in [9.17, 15) is 14.0 Å². The Labute approximate surface area is 155 Å². The van der Waals surface area contributed by atoms with Gasteiger partial charge in [-0.15, -0.1) is 0 Å². The second kappa shape index (κ2) is 7.69. The molecule has 7 nitrogen and oxygen atoms in total. The summed E-state index contributed by atoms with van der Waals surface area (Å²) < 4.78 is 13.9. The fourth-order valence-electron chi connectivity index (χ4n) is 3.52. The van der Waals surface area contributed by atoms with Gasteiger partial charge in [-0.25, -0.2) is 9.38 Å². The van der Waals surface area contributed by atoms with Crippen LogP contribution in [0.3, 0.4) is 0 Å². The van der Waals surface area contributed by atoms with Crippen molar-refractivity contribution in [3.63, 3.8) is 0 Å². The molecule has 142 valence electrons. The Hall–Kier alpha value is -3.03. The molecule has 2 amide bonds. The van der Waals surface area contributed by atoms with Crippen molar-refractivity contribution >= 4 is 34.8 Å². The summed E-state index contributed by atoms with van der Waals surface area (Å²) in [5, 5.41) is 11.3. The van der Waals surface area contributed by atoms with E-state index in [0.29, 0.717) is 23.0 Å². The van der Waals surface area contributed by atoms with Gasteiger partial charge in [0, 0.05) is 17.3 Å². The zero-order valence-electron chi connectivity index (χ0n) is 15.0. The third-order valence-corrected chi connectivity index (χ3v) is 4.92. The monoisotopic (exact) mass is 371 g/mol. The molecule has 0 spiro atoms. The summed E-state index contributed by atoms with van der Waals surface area (Å²) in [6.07, 6.45) is 3.91. The number of carbonyl (C=O) groups excluding carboxylic acids is 2. The normalized spacial score (nSPS) is 20.1. The van der Waals surface area contributed by atoms with Crippen LogP contribution >= 0.6 is 0 Å². The number of primary amides is 1. The first-order chi connectivity index (χ1) is 12.8. The van der Waals surface area contributed by atoms with Gasteiger partial charge < -0.3 is 16.0 Å². The number of H-pyrrole nitrogens is 1. The van der Waals surface area contributed by atoms with Gasteiger partial charge in [0.25, 0.3) is 11.8 Å². The summed E-state index contributed by atoms with van der Waals surface area (Å²) in [7, 11) is 0. The first-order valence-electron chi connectivity index (χ1n) is 8.85. The van der Waals surface area contributed by atoms with Gasteiger partial charge in [0.1, 0.15) is 17.3 Å². The summed E-state index contributed by atoms with van der Waals surface area (Å²) in [4.78, 5) is 30.1. The van der Waals surface area contributed by atoms with Crippen LogP contribution in [0.25, 0.3) is 10.9 Å². The lowest BCUT2D eigenvalue weighted by molar-refractivity contribution is -0.111. The van der Waals surface area contributed by atoms with Crippen LogP contribution in [0.2, 0.25) is 0 Å². The minimum atomic E-state index is -0.693. The summed E-state index contributed by atoms with van der Waals surface area (Å²) in [5.41, 5.74) is 6.80. The van der Waals surface area contributed by atoms with Crippen molar-refractivity contribution in [2.45, 2.75) is 38.6 Å². The number of amidine groups is 1. The topological polar surface area (TPSA) is 124 Å². The lowest BCUT2D eigenvalue weighted by Gasteiger charge is -2.28. The second-order valence-electron chi connectivity index (χ2n) is 6.92. The molecule has 0 radical (unpaired) electrons. The fourth-order valence-corrected chi connectivity index (χ4v) is 3.52. The Bertz CT molecular complexity index is 895. The molecule has 8 heteroatoms. The lowest BCUT2D eigenvalue weighted by Crippen LogP contribution is -2.39. The molecule has 1 aromatic carbocycles. The number of benzene rings is 1. The molecule has 1 heterocycles. The number of rotatable bonds is 4. The highest BCUT2D eigenvalue weighted by atomic mass is 19.1. The van der Waals surface area contributed by atoms with Crippen molar-refractivity contribution in [3.8, 4) is 0 Å². The SMILES string of the molecule is Cc1ccc(F)c2cc(C(=O)N[C@@H]3CCC[C@H](C(=N)N=CC(N)=O)C3)[nH]c12. The molecule has 3 rings (SSSR count). The summed E-state index contributed by atoms with van der Waals surface area (Å²) >= 11 is 0. The van der Waals surface area contributed by atoms with Crippen molar-refractivity contribution in [3.05, 3.63) is 35.3 Å². The van der Waals surface area contributed by atoms with Gasteiger partial charge in [0.05, 0.1) is 11.7 Å². The summed E-state index contributed by atoms with van der Waals surface area (Å²) in [5.74, 6) is -1.41. The number of aromatic amines is 1. The van der Waals surface area contributed by atoms with E-state index in [1.807, 2.05) is 6.92 Å². The van der Waals surface area contributed by atoms with E-state index in [0.717, 1.165) is 31.0 Å². The minimum Gasteiger partial charge on any atom is -0.365 e. The molecule has 0 aliphatic heterocycles. The predicted molar refractivity (Wildman–Crippen MR) is 102 cm³/mol. The van der Waals surface area contributed by atoms with E-state index < -0.39 is 5.91 Å². The lowest BCUT2D eigenvalue weighted by atomic mass is 9.85. The van der Waals surface area contributed by atoms with E-state index in [1.165, 1.54) is 12.1 Å². The molecule has 1 saturated carbocycles. The van der Waals surface area contributed by atoms with Gasteiger partial charge in [0.15, 0.2) is 0 Å². The highest BCUT2D eigenvalue weighted by Crippen LogP contribution is 2.26. The number of aliphatic imine (C=N–C) groups is 1. The third-order valence-electron chi connectivity index (χ3n) is 4.92. The number of fused-ring (bicyclic) bond motifs is 1. The first-order valence-corrected chi connectivity index (χ1v) is 8.85. The molecule has 5 N–H and O–H groups in total. The smallest absolute Gasteiger partial charge is 0.267 e. The Kier molecular flexibility index (Phi) is 5.34. The summed E-state index contributed by atoms with van der Waals surface area (Å²) in [6, 6.07) is 4.46. The van der Waals surface area contributed by atoms with E-state index in [-0.39, 0.29) is 29.5 Å². The van der Waals surface area contributed by atoms with Crippen molar-refractivity contribution in [1.29, 1.82) is 5.41 Å². The molecule has 0 saturated heterocycles. The zero-order valence-corrected chi connectivity index (χ0v) is 15.0. The van der Waals surface area contributed by atoms with Crippen molar-refractivity contribution < 1.29 is 14.0 Å². The molecule has 0 bridgehead atoms. The fraction of sp³-hybridized carbons (Fsp3) is 0.368. The molecule has 2 aromatic rings. The Morgan fingerprint density at radius 1 is 1.41 bits per heavy atom. The van der Waals surface area contributed by atoms with Gasteiger partial charge in [-0.2, -0.15) is 0 Å². The predicted octanol–water partition coefficient (Wildman–Crippen LogP) is 2.44. The minimum absolute atomic E-state index is 0.0936. The Morgan fingerprint density at radius 3 is 2.89 bits per heavy atom. The number of hydrogen-bond donors (Lipinski definition) is 4. The van der Waals surface area contributed by atoms with Gasteiger partial charge in [-0.1, -0.05) is 12.5 Å². The largest absolute Gasteiger partial charge is 0.365 e. The quantitative estimate of drug-likeness (QED) is 0.487. The highest BCUT2D eigenvalue weighted by molar-refractivity contribution is 6.27. The Balaban J connectivity index is 1.69. The van der Waals surface area contributed by atoms with E-state index in [4.69, 9.17) is 11.1 Å². The van der Waals surface area contributed by atoms with Gasteiger partial charge in [-0.05, 0) is 43.9 Å². The van der Waals surface area contributed by atoms with Crippen LogP contribution in [0.5, 0.6) is 0 Å². The molecule has 1 aliphatic carbocycles. The number of amides is 2. The average Bonchev–Trinajstić information content (AvgIpc) is 3.10. The molecular weight excluding hydrogens is 349 g/mol. The maximum atomic E-state index is 13.9. The molecule has 27 heavy (non-hydrogen) atoms. The maximum Gasteiger partial charge on any atom is 0.267 e. The molecular formula is C19H22FN5O2. The summed E-state index contributed by atoms with van der Waals surface area (Å²) in [6.45, 7) is 1.85. The van der Waals surface area contributed by atoms with E-state index >= 15 is 0 Å². The number of aromatic nitrogens is 1. The van der Waals surface area contributed by atoms with Crippen LogP contribution in [-0.4, -0.2) is 34.9 Å². The van der Waals surface area contributed by atoms with Crippen molar-refractivity contribution in [2.75, 3.05) is 0 Å². The second-order valence-corrected chi connectivity index (χ2v) is 6.92. The first kappa shape index (κ1) is 18.8. The van der Waals surface area contributed by atoms with Crippen LogP contribution in [0.15, 0.2) is 23.2 Å². The number of hydrogen-bond acceptors (Lipinski definition) is 3. The maximum absolute atomic E-state index is 13.9. The average molecular weight is 371 g/mol. The molecule has 2 atom stereocenters. The molecule has 0 unspecified atom stereocenters. The standard InChI is InChI=1S/C19H22FN5O2/c1-10-5-6-14(20)13-8-15(25-17(10)13)19(27)24-12-4-2-3-11(7-12)18(22)23-9-16(21)26/h5-6,8-9,11-12,22,25H,2-4,7H2,1H3,(H2,21,26)(H,24,27)/t11-,12+/m0/s1. The zero-order chi connectivity index (χ0) is 19.6.